The molecule has 0 radical (unpaired) electrons. The first-order valence-electron chi connectivity index (χ1n) is 5.11. The van der Waals surface area contributed by atoms with Crippen LogP contribution in [-0.2, 0) is 6.42 Å². The van der Waals surface area contributed by atoms with Crippen molar-refractivity contribution in [1.29, 1.82) is 0 Å². The highest BCUT2D eigenvalue weighted by Crippen LogP contribution is 2.28. The second-order valence-corrected chi connectivity index (χ2v) is 3.81. The van der Waals surface area contributed by atoms with Crippen molar-refractivity contribution in [2.75, 3.05) is 13.7 Å². The number of halogens is 1. The van der Waals surface area contributed by atoms with E-state index in [4.69, 9.17) is 26.6 Å². The summed E-state index contributed by atoms with van der Waals surface area (Å²) in [6, 6.07) is 5.32. The van der Waals surface area contributed by atoms with Crippen LogP contribution in [0.3, 0.4) is 0 Å². The van der Waals surface area contributed by atoms with E-state index in [1.165, 1.54) is 0 Å². The van der Waals surface area contributed by atoms with Crippen LogP contribution in [0.2, 0.25) is 5.02 Å². The highest BCUT2D eigenvalue weighted by molar-refractivity contribution is 6.32. The average Bonchev–Trinajstić information content (AvgIpc) is 2.78. The third-order valence-corrected chi connectivity index (χ3v) is 2.53. The molecule has 6 heteroatoms. The van der Waals surface area contributed by atoms with Crippen molar-refractivity contribution < 1.29 is 9.26 Å². The van der Waals surface area contributed by atoms with Crippen molar-refractivity contribution in [2.45, 2.75) is 6.42 Å². The third-order valence-electron chi connectivity index (χ3n) is 2.24. The van der Waals surface area contributed by atoms with Crippen LogP contribution in [0.5, 0.6) is 5.75 Å². The molecule has 0 saturated carbocycles. The molecule has 2 rings (SSSR count). The molecule has 0 fully saturated rings. The molecule has 0 bridgehead atoms. The lowest BCUT2D eigenvalue weighted by molar-refractivity contribution is 0.380. The zero-order chi connectivity index (χ0) is 12.3. The van der Waals surface area contributed by atoms with Gasteiger partial charge in [-0.15, -0.1) is 0 Å². The van der Waals surface area contributed by atoms with Crippen molar-refractivity contribution in [3.8, 4) is 17.1 Å². The summed E-state index contributed by atoms with van der Waals surface area (Å²) in [5, 5.41) is 4.37. The SMILES string of the molecule is COc1ccc(-c2noc(CCN)n2)cc1Cl. The van der Waals surface area contributed by atoms with Gasteiger partial charge < -0.3 is 15.0 Å². The van der Waals surface area contributed by atoms with Crippen LogP contribution in [-0.4, -0.2) is 23.8 Å². The summed E-state index contributed by atoms with van der Waals surface area (Å²) in [4.78, 5) is 4.21. The minimum absolute atomic E-state index is 0.477. The zero-order valence-electron chi connectivity index (χ0n) is 9.31. The predicted molar refractivity (Wildman–Crippen MR) is 64.1 cm³/mol. The van der Waals surface area contributed by atoms with E-state index in [1.807, 2.05) is 6.07 Å². The Hall–Kier alpha value is -1.59. The van der Waals surface area contributed by atoms with Crippen LogP contribution in [0.1, 0.15) is 5.89 Å². The highest BCUT2D eigenvalue weighted by atomic mass is 35.5. The van der Waals surface area contributed by atoms with Crippen molar-refractivity contribution in [1.82, 2.24) is 10.1 Å². The maximum Gasteiger partial charge on any atom is 0.228 e. The summed E-state index contributed by atoms with van der Waals surface area (Å²) in [7, 11) is 1.56. The molecule has 1 aromatic carbocycles. The monoisotopic (exact) mass is 253 g/mol. The Balaban J connectivity index is 2.29. The Morgan fingerprint density at radius 3 is 2.94 bits per heavy atom. The Kier molecular flexibility index (Phi) is 3.61. The molecule has 0 spiro atoms. The standard InChI is InChI=1S/C11H12ClN3O2/c1-16-9-3-2-7(6-8(9)12)11-14-10(4-5-13)17-15-11/h2-3,6H,4-5,13H2,1H3. The first kappa shape index (κ1) is 11.9. The molecule has 2 N–H and O–H groups in total. The fourth-order valence-corrected chi connectivity index (χ4v) is 1.66. The predicted octanol–water partition coefficient (Wildman–Crippen LogP) is 1.90. The number of rotatable bonds is 4. The number of benzene rings is 1. The van der Waals surface area contributed by atoms with E-state index in [1.54, 1.807) is 19.2 Å². The average molecular weight is 254 g/mol. The lowest BCUT2D eigenvalue weighted by Crippen LogP contribution is -2.02. The Labute approximate surface area is 104 Å². The molecular formula is C11H12ClN3O2. The maximum atomic E-state index is 6.02. The molecule has 0 aliphatic heterocycles. The van der Waals surface area contributed by atoms with Crippen LogP contribution in [0.4, 0.5) is 0 Å². The molecule has 0 saturated heterocycles. The number of nitrogens with two attached hydrogens (primary N) is 1. The molecular weight excluding hydrogens is 242 g/mol. The van der Waals surface area contributed by atoms with E-state index in [9.17, 15) is 0 Å². The number of aromatic nitrogens is 2. The molecule has 2 aromatic rings. The summed E-state index contributed by atoms with van der Waals surface area (Å²) in [5.41, 5.74) is 6.19. The first-order chi connectivity index (χ1) is 8.24. The summed E-state index contributed by atoms with van der Waals surface area (Å²) >= 11 is 6.02. The van der Waals surface area contributed by atoms with Gasteiger partial charge in [-0.2, -0.15) is 4.98 Å². The second kappa shape index (κ2) is 5.16. The summed E-state index contributed by atoms with van der Waals surface area (Å²) in [6.07, 6.45) is 0.566. The van der Waals surface area contributed by atoms with E-state index in [-0.39, 0.29) is 0 Å². The molecule has 0 aliphatic rings. The Morgan fingerprint density at radius 1 is 1.47 bits per heavy atom. The fraction of sp³-hybridized carbons (Fsp3) is 0.273. The molecule has 1 heterocycles. The molecule has 0 aliphatic carbocycles. The first-order valence-corrected chi connectivity index (χ1v) is 5.49. The Morgan fingerprint density at radius 2 is 2.29 bits per heavy atom. The van der Waals surface area contributed by atoms with Crippen molar-refractivity contribution in [2.24, 2.45) is 5.73 Å². The van der Waals surface area contributed by atoms with Crippen LogP contribution in [0, 0.1) is 0 Å². The van der Waals surface area contributed by atoms with Crippen LogP contribution < -0.4 is 10.5 Å². The van der Waals surface area contributed by atoms with E-state index in [2.05, 4.69) is 10.1 Å². The van der Waals surface area contributed by atoms with Crippen molar-refractivity contribution in [3.05, 3.63) is 29.1 Å². The summed E-state index contributed by atoms with van der Waals surface area (Å²) < 4.78 is 10.1. The minimum Gasteiger partial charge on any atom is -0.495 e. The number of ether oxygens (including phenoxy) is 1. The topological polar surface area (TPSA) is 74.2 Å². The molecule has 90 valence electrons. The lowest BCUT2D eigenvalue weighted by atomic mass is 10.2. The van der Waals surface area contributed by atoms with Gasteiger partial charge in [0.1, 0.15) is 5.75 Å². The normalized spacial score (nSPS) is 10.5. The van der Waals surface area contributed by atoms with Gasteiger partial charge in [0.05, 0.1) is 12.1 Å². The smallest absolute Gasteiger partial charge is 0.228 e. The highest BCUT2D eigenvalue weighted by Gasteiger charge is 2.10. The number of hydrogen-bond donors (Lipinski definition) is 1. The Bertz CT molecular complexity index is 513. The second-order valence-electron chi connectivity index (χ2n) is 3.40. The van der Waals surface area contributed by atoms with Gasteiger partial charge in [0, 0.05) is 18.5 Å². The van der Waals surface area contributed by atoms with Gasteiger partial charge >= 0.3 is 0 Å². The molecule has 0 amide bonds. The number of hydrogen-bond acceptors (Lipinski definition) is 5. The van der Waals surface area contributed by atoms with Crippen LogP contribution in [0.15, 0.2) is 22.7 Å². The lowest BCUT2D eigenvalue weighted by Gasteiger charge is -2.02. The van der Waals surface area contributed by atoms with Gasteiger partial charge in [0.25, 0.3) is 0 Å². The molecule has 1 aromatic heterocycles. The minimum atomic E-state index is 0.477. The summed E-state index contributed by atoms with van der Waals surface area (Å²) in [6.45, 7) is 0.477. The van der Waals surface area contributed by atoms with Crippen molar-refractivity contribution in [3.63, 3.8) is 0 Å². The van der Waals surface area contributed by atoms with Gasteiger partial charge in [-0.3, -0.25) is 0 Å². The molecule has 5 nitrogen and oxygen atoms in total. The van der Waals surface area contributed by atoms with E-state index in [0.29, 0.717) is 35.5 Å². The van der Waals surface area contributed by atoms with Crippen LogP contribution >= 0.6 is 11.6 Å². The van der Waals surface area contributed by atoms with E-state index < -0.39 is 0 Å². The quantitative estimate of drug-likeness (QED) is 0.901. The van der Waals surface area contributed by atoms with E-state index in [0.717, 1.165) is 5.56 Å². The molecule has 0 atom stereocenters. The largest absolute Gasteiger partial charge is 0.495 e. The van der Waals surface area contributed by atoms with Gasteiger partial charge in [-0.1, -0.05) is 16.8 Å². The molecule has 17 heavy (non-hydrogen) atoms. The van der Waals surface area contributed by atoms with Gasteiger partial charge in [0.15, 0.2) is 0 Å². The zero-order valence-corrected chi connectivity index (χ0v) is 10.1. The van der Waals surface area contributed by atoms with Gasteiger partial charge in [0.2, 0.25) is 11.7 Å². The van der Waals surface area contributed by atoms with E-state index >= 15 is 0 Å². The van der Waals surface area contributed by atoms with Crippen molar-refractivity contribution >= 4 is 11.6 Å². The number of methoxy groups -OCH3 is 1. The van der Waals surface area contributed by atoms with Gasteiger partial charge in [-0.05, 0) is 18.2 Å². The van der Waals surface area contributed by atoms with Crippen LogP contribution in [0.25, 0.3) is 11.4 Å². The molecule has 0 unspecified atom stereocenters. The number of nitrogens with zero attached hydrogens (tertiary/aromatic N) is 2. The summed E-state index contributed by atoms with van der Waals surface area (Å²) in [5.74, 6) is 1.63. The van der Waals surface area contributed by atoms with Gasteiger partial charge in [-0.25, -0.2) is 0 Å². The maximum absolute atomic E-state index is 6.02. The third kappa shape index (κ3) is 2.57. The fourth-order valence-electron chi connectivity index (χ4n) is 1.40.